The van der Waals surface area contributed by atoms with Crippen molar-refractivity contribution in [2.75, 3.05) is 32.8 Å². The smallest absolute Gasteiger partial charge is 0.145 e. The molecule has 1 aromatic carbocycles. The number of hydrogen-bond donors (Lipinski definition) is 1. The van der Waals surface area contributed by atoms with Crippen LogP contribution < -0.4 is 14.8 Å². The third kappa shape index (κ3) is 3.96. The van der Waals surface area contributed by atoms with Crippen LogP contribution in [0, 0.1) is 0 Å². The van der Waals surface area contributed by atoms with E-state index < -0.39 is 0 Å². The van der Waals surface area contributed by atoms with Crippen molar-refractivity contribution in [3.05, 3.63) is 17.2 Å². The van der Waals surface area contributed by atoms with Gasteiger partial charge >= 0.3 is 0 Å². The molecule has 0 fully saturated rings. The molecule has 0 aliphatic carbocycles. The molecule has 1 rings (SSSR count). The zero-order valence-corrected chi connectivity index (χ0v) is 12.0. The molecule has 1 N–H and O–H groups in total. The number of nitrogens with one attached hydrogen (secondary N) is 1. The van der Waals surface area contributed by atoms with E-state index in [-0.39, 0.29) is 6.04 Å². The van der Waals surface area contributed by atoms with Crippen LogP contribution in [0.1, 0.15) is 13.8 Å². The lowest BCUT2D eigenvalue weighted by Gasteiger charge is -2.18. The molecule has 0 amide bonds. The van der Waals surface area contributed by atoms with Crippen molar-refractivity contribution in [1.82, 2.24) is 0 Å². The maximum Gasteiger partial charge on any atom is 0.145 e. The molecule has 18 heavy (non-hydrogen) atoms. The molecule has 0 saturated carbocycles. The Balaban J connectivity index is 2.84. The molecule has 0 bridgehead atoms. The Labute approximate surface area is 113 Å². The summed E-state index contributed by atoms with van der Waals surface area (Å²) in [4.78, 5) is 0. The van der Waals surface area contributed by atoms with Gasteiger partial charge in [-0.15, -0.1) is 0 Å². The molecule has 0 heterocycles. The second kappa shape index (κ2) is 7.34. The molecule has 1 aromatic rings. The van der Waals surface area contributed by atoms with Gasteiger partial charge in [0.15, 0.2) is 0 Å². The molecule has 0 radical (unpaired) electrons. The zero-order chi connectivity index (χ0) is 13.5. The third-order valence-corrected chi connectivity index (χ3v) is 2.74. The van der Waals surface area contributed by atoms with E-state index >= 15 is 0 Å². The van der Waals surface area contributed by atoms with E-state index in [0.717, 1.165) is 5.69 Å². The average Bonchev–Trinajstić information content (AvgIpc) is 2.36. The summed E-state index contributed by atoms with van der Waals surface area (Å²) in [6, 6.07) is 3.73. The van der Waals surface area contributed by atoms with Gasteiger partial charge in [0.2, 0.25) is 0 Å². The summed E-state index contributed by atoms with van der Waals surface area (Å²) in [6.07, 6.45) is 0. The van der Waals surface area contributed by atoms with E-state index in [1.54, 1.807) is 26.4 Å². The van der Waals surface area contributed by atoms with E-state index in [0.29, 0.717) is 29.7 Å². The maximum absolute atomic E-state index is 6.09. The number of hydrogen-bond acceptors (Lipinski definition) is 4. The van der Waals surface area contributed by atoms with Gasteiger partial charge in [0.1, 0.15) is 11.5 Å². The molecule has 1 unspecified atom stereocenters. The molecule has 0 spiro atoms. The van der Waals surface area contributed by atoms with Crippen LogP contribution in [0.15, 0.2) is 12.1 Å². The summed E-state index contributed by atoms with van der Waals surface area (Å²) in [5, 5.41) is 3.84. The Morgan fingerprint density at radius 3 is 2.44 bits per heavy atom. The first kappa shape index (κ1) is 14.9. The first-order valence-electron chi connectivity index (χ1n) is 5.88. The number of rotatable bonds is 7. The summed E-state index contributed by atoms with van der Waals surface area (Å²) in [5.74, 6) is 1.29. The van der Waals surface area contributed by atoms with Crippen molar-refractivity contribution in [2.24, 2.45) is 0 Å². The fourth-order valence-corrected chi connectivity index (χ4v) is 1.82. The predicted octanol–water partition coefficient (Wildman–Crippen LogP) is 3.19. The van der Waals surface area contributed by atoms with Crippen molar-refractivity contribution in [1.29, 1.82) is 0 Å². The van der Waals surface area contributed by atoms with Gasteiger partial charge in [0.05, 0.1) is 31.5 Å². The fraction of sp³-hybridized carbons (Fsp3) is 0.538. The first-order valence-corrected chi connectivity index (χ1v) is 6.26. The Bertz CT molecular complexity index is 385. The van der Waals surface area contributed by atoms with Gasteiger partial charge < -0.3 is 19.5 Å². The number of methoxy groups -OCH3 is 2. The maximum atomic E-state index is 6.09. The molecule has 0 saturated heterocycles. The lowest BCUT2D eigenvalue weighted by molar-refractivity contribution is 0.141. The van der Waals surface area contributed by atoms with Gasteiger partial charge in [-0.3, -0.25) is 0 Å². The summed E-state index contributed by atoms with van der Waals surface area (Å²) >= 11 is 6.09. The molecule has 0 aromatic heterocycles. The first-order chi connectivity index (χ1) is 8.62. The standard InChI is InChI=1S/C13H20ClNO3/c1-5-18-8-9(2)15-11-6-10(14)12(16-3)7-13(11)17-4/h6-7,9,15H,5,8H2,1-4H3. The van der Waals surface area contributed by atoms with Crippen LogP contribution in [-0.2, 0) is 4.74 Å². The highest BCUT2D eigenvalue weighted by atomic mass is 35.5. The third-order valence-electron chi connectivity index (χ3n) is 2.45. The topological polar surface area (TPSA) is 39.7 Å². The van der Waals surface area contributed by atoms with Gasteiger partial charge in [0.25, 0.3) is 0 Å². The highest BCUT2D eigenvalue weighted by Gasteiger charge is 2.11. The Morgan fingerprint density at radius 2 is 1.89 bits per heavy atom. The van der Waals surface area contributed by atoms with Crippen LogP contribution in [0.5, 0.6) is 11.5 Å². The normalized spacial score (nSPS) is 12.1. The minimum absolute atomic E-state index is 0.170. The van der Waals surface area contributed by atoms with Crippen molar-refractivity contribution in [2.45, 2.75) is 19.9 Å². The second-order valence-electron chi connectivity index (χ2n) is 3.89. The van der Waals surface area contributed by atoms with E-state index in [4.69, 9.17) is 25.8 Å². The van der Waals surface area contributed by atoms with Crippen LogP contribution in [0.2, 0.25) is 5.02 Å². The summed E-state index contributed by atoms with van der Waals surface area (Å²) in [5.41, 5.74) is 0.829. The van der Waals surface area contributed by atoms with Crippen LogP contribution in [-0.4, -0.2) is 33.5 Å². The van der Waals surface area contributed by atoms with E-state index in [9.17, 15) is 0 Å². The lowest BCUT2D eigenvalue weighted by atomic mass is 10.2. The molecule has 0 aliphatic rings. The van der Waals surface area contributed by atoms with E-state index in [2.05, 4.69) is 5.32 Å². The fourth-order valence-electron chi connectivity index (χ4n) is 1.57. The lowest BCUT2D eigenvalue weighted by Crippen LogP contribution is -2.22. The number of halogens is 1. The molecular formula is C13H20ClNO3. The minimum atomic E-state index is 0.170. The van der Waals surface area contributed by atoms with Gasteiger partial charge in [-0.1, -0.05) is 11.6 Å². The van der Waals surface area contributed by atoms with Gasteiger partial charge in [-0.2, -0.15) is 0 Å². The predicted molar refractivity (Wildman–Crippen MR) is 74.1 cm³/mol. The van der Waals surface area contributed by atoms with Crippen LogP contribution >= 0.6 is 11.6 Å². The average molecular weight is 274 g/mol. The van der Waals surface area contributed by atoms with Crippen LogP contribution in [0.4, 0.5) is 5.69 Å². The van der Waals surface area contributed by atoms with Crippen LogP contribution in [0.25, 0.3) is 0 Å². The van der Waals surface area contributed by atoms with Crippen molar-refractivity contribution in [3.63, 3.8) is 0 Å². The Hall–Kier alpha value is -1.13. The monoisotopic (exact) mass is 273 g/mol. The highest BCUT2D eigenvalue weighted by Crippen LogP contribution is 2.36. The van der Waals surface area contributed by atoms with Crippen molar-refractivity contribution in [3.8, 4) is 11.5 Å². The van der Waals surface area contributed by atoms with E-state index in [1.165, 1.54) is 0 Å². The van der Waals surface area contributed by atoms with Gasteiger partial charge in [-0.05, 0) is 19.9 Å². The SMILES string of the molecule is CCOCC(C)Nc1cc(Cl)c(OC)cc1OC. The summed E-state index contributed by atoms with van der Waals surface area (Å²) < 4.78 is 15.8. The summed E-state index contributed by atoms with van der Waals surface area (Å²) in [7, 11) is 3.19. The highest BCUT2D eigenvalue weighted by molar-refractivity contribution is 6.32. The molecule has 102 valence electrons. The van der Waals surface area contributed by atoms with Gasteiger partial charge in [0, 0.05) is 18.7 Å². The number of anilines is 1. The molecule has 1 atom stereocenters. The van der Waals surface area contributed by atoms with Crippen molar-refractivity contribution < 1.29 is 14.2 Å². The Kier molecular flexibility index (Phi) is 6.09. The quantitative estimate of drug-likeness (QED) is 0.828. The van der Waals surface area contributed by atoms with Crippen molar-refractivity contribution >= 4 is 17.3 Å². The zero-order valence-electron chi connectivity index (χ0n) is 11.2. The minimum Gasteiger partial charge on any atom is -0.495 e. The van der Waals surface area contributed by atoms with E-state index in [1.807, 2.05) is 13.8 Å². The molecule has 0 aliphatic heterocycles. The second-order valence-corrected chi connectivity index (χ2v) is 4.30. The number of benzene rings is 1. The molecule has 5 heteroatoms. The molecular weight excluding hydrogens is 254 g/mol. The largest absolute Gasteiger partial charge is 0.495 e. The molecule has 4 nitrogen and oxygen atoms in total. The van der Waals surface area contributed by atoms with Crippen LogP contribution in [0.3, 0.4) is 0 Å². The van der Waals surface area contributed by atoms with Gasteiger partial charge in [-0.25, -0.2) is 0 Å². The Morgan fingerprint density at radius 1 is 1.22 bits per heavy atom. The summed E-state index contributed by atoms with van der Waals surface area (Å²) in [6.45, 7) is 5.33. The number of ether oxygens (including phenoxy) is 3.